The number of aliphatic imine (C=N–C) groups is 1. The number of carbonyl (C=O) groups is 1. The molecule has 0 aromatic heterocycles. The highest BCUT2D eigenvalue weighted by atomic mass is 127. The molecule has 1 heterocycles. The quantitative estimate of drug-likeness (QED) is 0.246. The van der Waals surface area contributed by atoms with Gasteiger partial charge in [0.2, 0.25) is 5.91 Å². The van der Waals surface area contributed by atoms with Crippen molar-refractivity contribution < 1.29 is 9.18 Å². The first-order valence-corrected chi connectivity index (χ1v) is 10.4. The molecular weight excluding hydrogens is 508 g/mol. The summed E-state index contributed by atoms with van der Waals surface area (Å²) in [5.41, 5.74) is 2.01. The van der Waals surface area contributed by atoms with E-state index in [0.717, 1.165) is 38.7 Å². The number of hydrogen-bond donors (Lipinski definition) is 2. The molecule has 1 aliphatic heterocycles. The second-order valence-corrected chi connectivity index (χ2v) is 7.38. The third-order valence-corrected chi connectivity index (χ3v) is 5.12. The highest BCUT2D eigenvalue weighted by molar-refractivity contribution is 14.0. The van der Waals surface area contributed by atoms with Crippen molar-refractivity contribution in [3.63, 3.8) is 0 Å². The molecule has 168 valence electrons. The SMILES string of the molecule is CN=C(NCCNC(=O)Cc1cccc(F)c1)N1CCN(Cc2ccccc2)CC1.I. The zero-order chi connectivity index (χ0) is 21.2. The van der Waals surface area contributed by atoms with Crippen LogP contribution < -0.4 is 10.6 Å². The molecule has 0 radical (unpaired) electrons. The van der Waals surface area contributed by atoms with Crippen molar-refractivity contribution in [2.75, 3.05) is 46.3 Å². The minimum Gasteiger partial charge on any atom is -0.354 e. The predicted octanol–water partition coefficient (Wildman–Crippen LogP) is 2.50. The minimum absolute atomic E-state index is 0. The fourth-order valence-corrected chi connectivity index (χ4v) is 3.56. The molecule has 8 heteroatoms. The Morgan fingerprint density at radius 2 is 1.65 bits per heavy atom. The van der Waals surface area contributed by atoms with Gasteiger partial charge in [-0.2, -0.15) is 0 Å². The van der Waals surface area contributed by atoms with E-state index in [0.29, 0.717) is 18.7 Å². The van der Waals surface area contributed by atoms with Crippen molar-refractivity contribution in [2.24, 2.45) is 4.99 Å². The van der Waals surface area contributed by atoms with Gasteiger partial charge in [0, 0.05) is 52.9 Å². The molecule has 31 heavy (non-hydrogen) atoms. The Balaban J connectivity index is 0.00000341. The standard InChI is InChI=1S/C23H30FN5O.HI/c1-25-23(27-11-10-26-22(30)17-20-8-5-9-21(24)16-20)29-14-12-28(13-15-29)18-19-6-3-2-4-7-19;/h2-9,16H,10-15,17-18H2,1H3,(H,25,27)(H,26,30);1H. The summed E-state index contributed by atoms with van der Waals surface area (Å²) in [6.45, 7) is 5.85. The van der Waals surface area contributed by atoms with E-state index in [-0.39, 0.29) is 42.1 Å². The average molecular weight is 539 g/mol. The van der Waals surface area contributed by atoms with E-state index in [9.17, 15) is 9.18 Å². The first-order chi connectivity index (χ1) is 14.6. The van der Waals surface area contributed by atoms with Gasteiger partial charge in [-0.3, -0.25) is 14.7 Å². The first-order valence-electron chi connectivity index (χ1n) is 10.4. The topological polar surface area (TPSA) is 60.0 Å². The maximum atomic E-state index is 13.2. The van der Waals surface area contributed by atoms with Crippen LogP contribution in [0.1, 0.15) is 11.1 Å². The number of guanidine groups is 1. The molecule has 2 N–H and O–H groups in total. The average Bonchev–Trinajstić information content (AvgIpc) is 2.75. The van der Waals surface area contributed by atoms with E-state index in [1.165, 1.54) is 17.7 Å². The van der Waals surface area contributed by atoms with E-state index >= 15 is 0 Å². The predicted molar refractivity (Wildman–Crippen MR) is 133 cm³/mol. The summed E-state index contributed by atoms with van der Waals surface area (Å²) in [6.07, 6.45) is 0.176. The highest BCUT2D eigenvalue weighted by Gasteiger charge is 2.19. The van der Waals surface area contributed by atoms with Crippen molar-refractivity contribution in [1.82, 2.24) is 20.4 Å². The fourth-order valence-electron chi connectivity index (χ4n) is 3.56. The molecule has 1 saturated heterocycles. The molecule has 2 aromatic rings. The van der Waals surface area contributed by atoms with Gasteiger partial charge in [0.25, 0.3) is 0 Å². The number of piperazine rings is 1. The van der Waals surface area contributed by atoms with Gasteiger partial charge in [0.1, 0.15) is 5.82 Å². The molecule has 0 atom stereocenters. The lowest BCUT2D eigenvalue weighted by atomic mass is 10.1. The van der Waals surface area contributed by atoms with Crippen LogP contribution in [0.3, 0.4) is 0 Å². The van der Waals surface area contributed by atoms with Crippen molar-refractivity contribution in [1.29, 1.82) is 0 Å². The number of rotatable bonds is 7. The summed E-state index contributed by atoms with van der Waals surface area (Å²) in [7, 11) is 1.78. The molecule has 2 aromatic carbocycles. The Morgan fingerprint density at radius 1 is 0.968 bits per heavy atom. The van der Waals surface area contributed by atoms with Crippen LogP contribution in [0.4, 0.5) is 4.39 Å². The first kappa shape index (κ1) is 25.1. The zero-order valence-electron chi connectivity index (χ0n) is 17.9. The molecule has 6 nitrogen and oxygen atoms in total. The van der Waals surface area contributed by atoms with Gasteiger partial charge < -0.3 is 15.5 Å². The number of benzene rings is 2. The summed E-state index contributed by atoms with van der Waals surface area (Å²) >= 11 is 0. The molecule has 0 spiro atoms. The Hall–Kier alpha value is -2.20. The lowest BCUT2D eigenvalue weighted by Gasteiger charge is -2.36. The summed E-state index contributed by atoms with van der Waals surface area (Å²) < 4.78 is 13.2. The summed E-state index contributed by atoms with van der Waals surface area (Å²) in [4.78, 5) is 21.1. The third kappa shape index (κ3) is 8.45. The number of hydrogen-bond acceptors (Lipinski definition) is 3. The van der Waals surface area contributed by atoms with Crippen LogP contribution in [-0.4, -0.2) is 68.0 Å². The van der Waals surface area contributed by atoms with Crippen molar-refractivity contribution in [2.45, 2.75) is 13.0 Å². The molecule has 3 rings (SSSR count). The largest absolute Gasteiger partial charge is 0.354 e. The van der Waals surface area contributed by atoms with Gasteiger partial charge in [-0.05, 0) is 23.3 Å². The van der Waals surface area contributed by atoms with Crippen LogP contribution in [0.25, 0.3) is 0 Å². The molecular formula is C23H31FIN5O. The second-order valence-electron chi connectivity index (χ2n) is 7.38. The monoisotopic (exact) mass is 539 g/mol. The van der Waals surface area contributed by atoms with E-state index in [1.54, 1.807) is 19.2 Å². The molecule has 0 aliphatic carbocycles. The maximum absolute atomic E-state index is 13.2. The van der Waals surface area contributed by atoms with Crippen LogP contribution in [0.15, 0.2) is 59.6 Å². The normalized spacial score (nSPS) is 14.6. The fraction of sp³-hybridized carbons (Fsp3) is 0.391. The van der Waals surface area contributed by atoms with E-state index in [4.69, 9.17) is 0 Å². The van der Waals surface area contributed by atoms with Crippen molar-refractivity contribution in [3.8, 4) is 0 Å². The lowest BCUT2D eigenvalue weighted by Crippen LogP contribution is -2.53. The van der Waals surface area contributed by atoms with Gasteiger partial charge in [0.15, 0.2) is 5.96 Å². The van der Waals surface area contributed by atoms with Gasteiger partial charge in [-0.15, -0.1) is 24.0 Å². The van der Waals surface area contributed by atoms with Crippen LogP contribution in [-0.2, 0) is 17.8 Å². The third-order valence-electron chi connectivity index (χ3n) is 5.12. The zero-order valence-corrected chi connectivity index (χ0v) is 20.2. The second kappa shape index (κ2) is 13.3. The minimum atomic E-state index is -0.324. The van der Waals surface area contributed by atoms with Crippen molar-refractivity contribution in [3.05, 3.63) is 71.5 Å². The molecule has 1 amide bonds. The maximum Gasteiger partial charge on any atom is 0.224 e. The molecule has 0 bridgehead atoms. The number of nitrogens with zero attached hydrogens (tertiary/aromatic N) is 3. The van der Waals surface area contributed by atoms with Gasteiger partial charge in [0.05, 0.1) is 6.42 Å². The Kier molecular flexibility index (Phi) is 10.7. The van der Waals surface area contributed by atoms with Crippen LogP contribution in [0.5, 0.6) is 0 Å². The summed E-state index contributed by atoms with van der Waals surface area (Å²) in [5.74, 6) is 0.412. The molecule has 1 fully saturated rings. The molecule has 0 saturated carbocycles. The number of amides is 1. The van der Waals surface area contributed by atoms with E-state index in [1.807, 2.05) is 6.07 Å². The number of nitrogens with one attached hydrogen (secondary N) is 2. The Bertz CT molecular complexity index is 841. The number of halogens is 2. The molecule has 0 unspecified atom stereocenters. The lowest BCUT2D eigenvalue weighted by molar-refractivity contribution is -0.120. The van der Waals surface area contributed by atoms with Crippen LogP contribution >= 0.6 is 24.0 Å². The summed E-state index contributed by atoms with van der Waals surface area (Å²) in [5, 5.41) is 6.18. The van der Waals surface area contributed by atoms with Crippen LogP contribution in [0, 0.1) is 5.82 Å². The Morgan fingerprint density at radius 3 is 2.32 bits per heavy atom. The van der Waals surface area contributed by atoms with Crippen LogP contribution in [0.2, 0.25) is 0 Å². The summed E-state index contributed by atoms with van der Waals surface area (Å²) in [6, 6.07) is 16.6. The Labute approximate surface area is 200 Å². The van der Waals surface area contributed by atoms with E-state index in [2.05, 4.69) is 49.7 Å². The van der Waals surface area contributed by atoms with Crippen molar-refractivity contribution >= 4 is 35.8 Å². The van der Waals surface area contributed by atoms with E-state index < -0.39 is 0 Å². The van der Waals surface area contributed by atoms with Gasteiger partial charge in [-0.1, -0.05) is 42.5 Å². The number of carbonyl (C=O) groups excluding carboxylic acids is 1. The van der Waals surface area contributed by atoms with Gasteiger partial charge >= 0.3 is 0 Å². The van der Waals surface area contributed by atoms with Gasteiger partial charge in [-0.25, -0.2) is 4.39 Å². The smallest absolute Gasteiger partial charge is 0.224 e. The highest BCUT2D eigenvalue weighted by Crippen LogP contribution is 2.08. The molecule has 1 aliphatic rings.